The van der Waals surface area contributed by atoms with Gasteiger partial charge in [0.1, 0.15) is 5.60 Å². The van der Waals surface area contributed by atoms with Gasteiger partial charge in [0.2, 0.25) is 0 Å². The summed E-state index contributed by atoms with van der Waals surface area (Å²) in [6.45, 7) is 5.38. The van der Waals surface area contributed by atoms with Crippen LogP contribution in [0.15, 0.2) is 30.3 Å². The second-order valence-electron chi connectivity index (χ2n) is 5.42. The summed E-state index contributed by atoms with van der Waals surface area (Å²) in [5.41, 5.74) is 0.145. The van der Waals surface area contributed by atoms with Gasteiger partial charge < -0.3 is 14.8 Å². The zero-order valence-corrected chi connectivity index (χ0v) is 13.1. The number of rotatable bonds is 5. The lowest BCUT2D eigenvalue weighted by Gasteiger charge is -2.21. The highest BCUT2D eigenvalue weighted by atomic mass is 35.5. The molecule has 0 saturated carbocycles. The third-order valence-corrected chi connectivity index (χ3v) is 2.64. The summed E-state index contributed by atoms with van der Waals surface area (Å²) < 4.78 is 9.96. The van der Waals surface area contributed by atoms with Crippen molar-refractivity contribution in [3.8, 4) is 0 Å². The molecule has 0 aliphatic rings. The van der Waals surface area contributed by atoms with Crippen LogP contribution in [0.25, 0.3) is 0 Å². The first-order chi connectivity index (χ1) is 9.83. The highest BCUT2D eigenvalue weighted by Gasteiger charge is 2.24. The van der Waals surface area contributed by atoms with Crippen LogP contribution in [-0.4, -0.2) is 30.3 Å². The molecule has 0 fully saturated rings. The van der Waals surface area contributed by atoms with E-state index < -0.39 is 23.6 Å². The third kappa shape index (κ3) is 6.49. The van der Waals surface area contributed by atoms with Gasteiger partial charge in [-0.3, -0.25) is 4.79 Å². The molecule has 1 aromatic carbocycles. The van der Waals surface area contributed by atoms with E-state index in [4.69, 9.17) is 21.1 Å². The maximum Gasteiger partial charge on any atom is 0.407 e. The minimum Gasteiger partial charge on any atom is -0.449 e. The number of hydrogen-bond acceptors (Lipinski definition) is 4. The van der Waals surface area contributed by atoms with Gasteiger partial charge in [-0.2, -0.15) is 0 Å². The Morgan fingerprint density at radius 1 is 1.24 bits per heavy atom. The molecule has 1 N–H and O–H groups in total. The van der Waals surface area contributed by atoms with Gasteiger partial charge in [0, 0.05) is 6.54 Å². The number of carbonyl (C=O) groups excluding carboxylic acids is 2. The number of alkyl halides is 1. The number of ether oxygens (including phenoxy) is 2. The zero-order chi connectivity index (χ0) is 15.9. The number of alkyl carbamates (subject to hydrolysis) is 1. The summed E-state index contributed by atoms with van der Waals surface area (Å²) in [7, 11) is 0. The molecule has 21 heavy (non-hydrogen) atoms. The van der Waals surface area contributed by atoms with Gasteiger partial charge in [-0.05, 0) is 26.3 Å². The van der Waals surface area contributed by atoms with E-state index in [-0.39, 0.29) is 12.6 Å². The molecule has 0 saturated heterocycles. The van der Waals surface area contributed by atoms with Crippen LogP contribution < -0.4 is 5.32 Å². The average Bonchev–Trinajstić information content (AvgIpc) is 2.38. The molecule has 0 aliphatic carbocycles. The molecule has 5 nitrogen and oxygen atoms in total. The average molecular weight is 314 g/mol. The van der Waals surface area contributed by atoms with Crippen molar-refractivity contribution >= 4 is 23.7 Å². The Bertz CT molecular complexity index is 470. The molecule has 6 heteroatoms. The van der Waals surface area contributed by atoms with Crippen molar-refractivity contribution in [2.45, 2.75) is 32.3 Å². The van der Waals surface area contributed by atoms with Crippen LogP contribution in [0.3, 0.4) is 0 Å². The van der Waals surface area contributed by atoms with Gasteiger partial charge in [0.05, 0.1) is 5.92 Å². The van der Waals surface area contributed by atoms with Crippen LogP contribution in [0.5, 0.6) is 0 Å². The Morgan fingerprint density at radius 2 is 1.86 bits per heavy atom. The van der Waals surface area contributed by atoms with Gasteiger partial charge in [-0.1, -0.05) is 41.9 Å². The lowest BCUT2D eigenvalue weighted by Crippen LogP contribution is -2.36. The minimum atomic E-state index is -0.627. The molecule has 0 radical (unpaired) electrons. The summed E-state index contributed by atoms with van der Waals surface area (Å²) in [5.74, 6) is -1.12. The largest absolute Gasteiger partial charge is 0.449 e. The van der Waals surface area contributed by atoms with E-state index in [1.54, 1.807) is 32.9 Å². The van der Waals surface area contributed by atoms with E-state index in [1.165, 1.54) is 0 Å². The second kappa shape index (κ2) is 7.88. The van der Waals surface area contributed by atoms with E-state index in [9.17, 15) is 9.59 Å². The molecule has 116 valence electrons. The Balaban J connectivity index is 2.71. The number of esters is 1. The van der Waals surface area contributed by atoms with Gasteiger partial charge in [0.15, 0.2) is 6.07 Å². The van der Waals surface area contributed by atoms with Crippen LogP contribution >= 0.6 is 11.6 Å². The number of halogens is 1. The Hall–Kier alpha value is -1.75. The van der Waals surface area contributed by atoms with E-state index in [0.29, 0.717) is 0 Å². The summed E-state index contributed by atoms with van der Waals surface area (Å²) in [5, 5.41) is 2.57. The Morgan fingerprint density at radius 3 is 2.38 bits per heavy atom. The highest BCUT2D eigenvalue weighted by Crippen LogP contribution is 2.17. The van der Waals surface area contributed by atoms with E-state index in [2.05, 4.69) is 5.32 Å². The van der Waals surface area contributed by atoms with Gasteiger partial charge >= 0.3 is 12.1 Å². The third-order valence-electron chi connectivity index (χ3n) is 2.53. The van der Waals surface area contributed by atoms with Gasteiger partial charge in [-0.25, -0.2) is 4.79 Å². The summed E-state index contributed by atoms with van der Waals surface area (Å²) in [6.07, 6.45) is -0.581. The van der Waals surface area contributed by atoms with Crippen LogP contribution in [0.2, 0.25) is 0 Å². The van der Waals surface area contributed by atoms with Crippen molar-refractivity contribution < 1.29 is 19.1 Å². The first kappa shape index (κ1) is 17.3. The molecular formula is C15H20ClNO4. The second-order valence-corrected chi connectivity index (χ2v) is 5.64. The lowest BCUT2D eigenvalue weighted by molar-refractivity contribution is -0.143. The maximum absolute atomic E-state index is 11.9. The molecule has 1 amide bonds. The van der Waals surface area contributed by atoms with Crippen molar-refractivity contribution in [1.82, 2.24) is 5.32 Å². The number of amides is 1. The van der Waals surface area contributed by atoms with Crippen LogP contribution in [0.4, 0.5) is 4.79 Å². The van der Waals surface area contributed by atoms with E-state index >= 15 is 0 Å². The standard InChI is InChI=1S/C15H20ClNO4/c1-15(2,3)21-14(19)17-9-12(13(18)20-10-16)11-7-5-4-6-8-11/h4-8,12H,9-10H2,1-3H3,(H,17,19). The topological polar surface area (TPSA) is 64.6 Å². The molecule has 0 heterocycles. The molecule has 0 spiro atoms. The predicted molar refractivity (Wildman–Crippen MR) is 80.2 cm³/mol. The number of benzene rings is 1. The lowest BCUT2D eigenvalue weighted by atomic mass is 9.99. The maximum atomic E-state index is 11.9. The van der Waals surface area contributed by atoms with Crippen molar-refractivity contribution in [2.24, 2.45) is 0 Å². The molecule has 0 aliphatic heterocycles. The number of carbonyl (C=O) groups is 2. The van der Waals surface area contributed by atoms with E-state index in [0.717, 1.165) is 5.56 Å². The zero-order valence-electron chi connectivity index (χ0n) is 12.4. The monoisotopic (exact) mass is 313 g/mol. The van der Waals surface area contributed by atoms with Crippen LogP contribution in [-0.2, 0) is 14.3 Å². The molecule has 1 rings (SSSR count). The number of hydrogen-bond donors (Lipinski definition) is 1. The first-order valence-corrected chi connectivity index (χ1v) is 7.11. The SMILES string of the molecule is CC(C)(C)OC(=O)NCC(C(=O)OCCl)c1ccccc1. The normalized spacial score (nSPS) is 12.4. The molecular weight excluding hydrogens is 294 g/mol. The summed E-state index contributed by atoms with van der Waals surface area (Å²) >= 11 is 5.42. The van der Waals surface area contributed by atoms with E-state index in [1.807, 2.05) is 18.2 Å². The fourth-order valence-corrected chi connectivity index (χ4v) is 1.78. The first-order valence-electron chi connectivity index (χ1n) is 6.58. The van der Waals surface area contributed by atoms with Crippen molar-refractivity contribution in [2.75, 3.05) is 12.6 Å². The quantitative estimate of drug-likeness (QED) is 0.670. The predicted octanol–water partition coefficient (Wildman–Crippen LogP) is 3.03. The fourth-order valence-electron chi connectivity index (χ4n) is 1.68. The summed E-state index contributed by atoms with van der Waals surface area (Å²) in [6, 6.07) is 8.81. The summed E-state index contributed by atoms with van der Waals surface area (Å²) in [4.78, 5) is 23.6. The van der Waals surface area contributed by atoms with Gasteiger partial charge in [0.25, 0.3) is 0 Å². The fraction of sp³-hybridized carbons (Fsp3) is 0.467. The molecule has 1 unspecified atom stereocenters. The van der Waals surface area contributed by atoms with Crippen LogP contribution in [0, 0.1) is 0 Å². The Kier molecular flexibility index (Phi) is 6.49. The van der Waals surface area contributed by atoms with Crippen LogP contribution in [0.1, 0.15) is 32.3 Å². The van der Waals surface area contributed by atoms with Gasteiger partial charge in [-0.15, -0.1) is 0 Å². The highest BCUT2D eigenvalue weighted by molar-refractivity contribution is 6.17. The molecule has 0 bridgehead atoms. The smallest absolute Gasteiger partial charge is 0.407 e. The Labute approximate surface area is 129 Å². The molecule has 0 aromatic heterocycles. The van der Waals surface area contributed by atoms with Crippen molar-refractivity contribution in [3.63, 3.8) is 0 Å². The molecule has 1 aromatic rings. The van der Waals surface area contributed by atoms with Crippen molar-refractivity contribution in [1.29, 1.82) is 0 Å². The number of nitrogens with one attached hydrogen (secondary N) is 1. The molecule has 1 atom stereocenters. The van der Waals surface area contributed by atoms with Crippen molar-refractivity contribution in [3.05, 3.63) is 35.9 Å². The minimum absolute atomic E-state index is 0.0780.